The normalized spacial score (nSPS) is 10.9. The monoisotopic (exact) mass is 295 g/mol. The number of alkyl halides is 1. The Morgan fingerprint density at radius 3 is 2.35 bits per heavy atom. The van der Waals surface area contributed by atoms with Crippen molar-refractivity contribution >= 4 is 17.5 Å². The van der Waals surface area contributed by atoms with E-state index in [0.717, 1.165) is 18.4 Å². The number of carbonyl (C=O) groups excluding carboxylic acids is 1. The van der Waals surface area contributed by atoms with Gasteiger partial charge in [0.1, 0.15) is 0 Å². The molecule has 20 heavy (non-hydrogen) atoms. The largest absolute Gasteiger partial charge is 0.338 e. The minimum Gasteiger partial charge on any atom is -0.338 e. The smallest absolute Gasteiger partial charge is 0.227 e. The zero-order chi connectivity index (χ0) is 15.1. The lowest BCUT2D eigenvalue weighted by Gasteiger charge is -2.30. The molecule has 1 rings (SSSR count). The summed E-state index contributed by atoms with van der Waals surface area (Å²) in [5, 5.41) is 0. The van der Waals surface area contributed by atoms with Crippen molar-refractivity contribution < 1.29 is 4.79 Å². The van der Waals surface area contributed by atoms with E-state index in [4.69, 9.17) is 11.6 Å². The van der Waals surface area contributed by atoms with E-state index < -0.39 is 0 Å². The molecule has 112 valence electrons. The third-order valence-electron chi connectivity index (χ3n) is 3.96. The molecule has 0 aliphatic rings. The molecule has 0 aliphatic heterocycles. The Labute approximate surface area is 128 Å². The zero-order valence-corrected chi connectivity index (χ0v) is 13.8. The second-order valence-electron chi connectivity index (χ2n) is 5.34. The Morgan fingerprint density at radius 2 is 1.85 bits per heavy atom. The maximum absolute atomic E-state index is 12.5. The van der Waals surface area contributed by atoms with Crippen LogP contribution in [0.25, 0.3) is 0 Å². The molecule has 0 unspecified atom stereocenters. The van der Waals surface area contributed by atoms with E-state index in [1.54, 1.807) is 0 Å². The van der Waals surface area contributed by atoms with Crippen molar-refractivity contribution in [2.24, 2.45) is 0 Å². The van der Waals surface area contributed by atoms with Crippen molar-refractivity contribution in [3.8, 4) is 0 Å². The Morgan fingerprint density at radius 1 is 1.20 bits per heavy atom. The molecule has 0 aliphatic carbocycles. The minimum atomic E-state index is 0.183. The summed E-state index contributed by atoms with van der Waals surface area (Å²) in [4.78, 5) is 14.5. The predicted molar refractivity (Wildman–Crippen MR) is 86.4 cm³/mol. The highest BCUT2D eigenvalue weighted by atomic mass is 35.5. The number of rotatable bonds is 7. The van der Waals surface area contributed by atoms with Crippen molar-refractivity contribution in [2.75, 3.05) is 12.4 Å². The summed E-state index contributed by atoms with van der Waals surface area (Å²) in [6.45, 7) is 9.06. The van der Waals surface area contributed by atoms with Gasteiger partial charge in [-0.3, -0.25) is 4.79 Å². The van der Waals surface area contributed by atoms with E-state index in [0.29, 0.717) is 24.9 Å². The second kappa shape index (κ2) is 8.31. The molecule has 0 heterocycles. The van der Waals surface area contributed by atoms with Gasteiger partial charge in [0.05, 0.1) is 6.42 Å². The van der Waals surface area contributed by atoms with Gasteiger partial charge in [0.2, 0.25) is 5.91 Å². The molecule has 0 N–H and O–H groups in total. The van der Waals surface area contributed by atoms with Crippen LogP contribution in [0, 0.1) is 13.8 Å². The summed E-state index contributed by atoms with van der Waals surface area (Å²) in [6, 6.07) is 6.54. The summed E-state index contributed by atoms with van der Waals surface area (Å²) in [5.74, 6) is 0.678. The van der Waals surface area contributed by atoms with E-state index in [9.17, 15) is 4.79 Å². The van der Waals surface area contributed by atoms with Crippen LogP contribution >= 0.6 is 11.6 Å². The summed E-state index contributed by atoms with van der Waals surface area (Å²) in [7, 11) is 0. The van der Waals surface area contributed by atoms with Gasteiger partial charge in [-0.05, 0) is 43.4 Å². The lowest BCUT2D eigenvalue weighted by molar-refractivity contribution is -0.132. The molecule has 0 fully saturated rings. The lowest BCUT2D eigenvalue weighted by atomic mass is 10.0. The third kappa shape index (κ3) is 4.52. The zero-order valence-electron chi connectivity index (χ0n) is 13.1. The molecule has 1 aromatic carbocycles. The van der Waals surface area contributed by atoms with Gasteiger partial charge >= 0.3 is 0 Å². The molecule has 2 nitrogen and oxygen atoms in total. The number of benzene rings is 1. The first kappa shape index (κ1) is 17.0. The molecule has 0 spiro atoms. The fraction of sp³-hybridized carbons (Fsp3) is 0.588. The number of carbonyl (C=O) groups is 1. The standard InChI is InChI=1S/C17H26ClNO/c1-5-16(6-2)19(10-9-18)17(20)12-15-8-7-13(3)14(4)11-15/h7-8,11,16H,5-6,9-10,12H2,1-4H3. The van der Waals surface area contributed by atoms with E-state index in [1.807, 2.05) is 11.0 Å². The fourth-order valence-corrected chi connectivity index (χ4v) is 2.70. The first-order valence-electron chi connectivity index (χ1n) is 7.45. The molecule has 0 radical (unpaired) electrons. The first-order chi connectivity index (χ1) is 9.53. The van der Waals surface area contributed by atoms with Gasteiger partial charge in [0, 0.05) is 18.5 Å². The molecule has 1 amide bonds. The number of aryl methyl sites for hydroxylation is 2. The van der Waals surface area contributed by atoms with E-state index in [1.165, 1.54) is 11.1 Å². The van der Waals surface area contributed by atoms with Crippen molar-refractivity contribution in [3.63, 3.8) is 0 Å². The number of nitrogens with zero attached hydrogens (tertiary/aromatic N) is 1. The Hall–Kier alpha value is -1.02. The average molecular weight is 296 g/mol. The van der Waals surface area contributed by atoms with Gasteiger partial charge in [-0.2, -0.15) is 0 Å². The maximum Gasteiger partial charge on any atom is 0.227 e. The van der Waals surface area contributed by atoms with Crippen molar-refractivity contribution in [3.05, 3.63) is 34.9 Å². The Balaban J connectivity index is 2.81. The minimum absolute atomic E-state index is 0.183. The number of halogens is 1. The summed E-state index contributed by atoms with van der Waals surface area (Å²) < 4.78 is 0. The highest BCUT2D eigenvalue weighted by molar-refractivity contribution is 6.18. The van der Waals surface area contributed by atoms with Crippen LogP contribution in [0.2, 0.25) is 0 Å². The highest BCUT2D eigenvalue weighted by Gasteiger charge is 2.20. The molecule has 3 heteroatoms. The molecule has 0 aromatic heterocycles. The molecular formula is C17H26ClNO. The number of hydrogen-bond acceptors (Lipinski definition) is 1. The molecule has 0 atom stereocenters. The lowest BCUT2D eigenvalue weighted by Crippen LogP contribution is -2.41. The van der Waals surface area contributed by atoms with Crippen LogP contribution in [-0.4, -0.2) is 29.3 Å². The van der Waals surface area contributed by atoms with E-state index in [-0.39, 0.29) is 5.91 Å². The van der Waals surface area contributed by atoms with Crippen LogP contribution in [-0.2, 0) is 11.2 Å². The topological polar surface area (TPSA) is 20.3 Å². The molecular weight excluding hydrogens is 270 g/mol. The quantitative estimate of drug-likeness (QED) is 0.694. The van der Waals surface area contributed by atoms with Gasteiger partial charge < -0.3 is 4.90 Å². The van der Waals surface area contributed by atoms with Crippen LogP contribution in [0.4, 0.5) is 0 Å². The summed E-state index contributed by atoms with van der Waals surface area (Å²) in [5.41, 5.74) is 3.59. The van der Waals surface area contributed by atoms with Crippen LogP contribution in [0.5, 0.6) is 0 Å². The molecule has 0 bridgehead atoms. The average Bonchev–Trinajstić information content (AvgIpc) is 2.43. The van der Waals surface area contributed by atoms with E-state index >= 15 is 0 Å². The van der Waals surface area contributed by atoms with Gasteiger partial charge in [-0.15, -0.1) is 11.6 Å². The molecule has 0 saturated heterocycles. The number of hydrogen-bond donors (Lipinski definition) is 0. The second-order valence-corrected chi connectivity index (χ2v) is 5.72. The van der Waals surface area contributed by atoms with Crippen LogP contribution in [0.3, 0.4) is 0 Å². The summed E-state index contributed by atoms with van der Waals surface area (Å²) in [6.07, 6.45) is 2.42. The van der Waals surface area contributed by atoms with Gasteiger partial charge in [0.15, 0.2) is 0 Å². The molecule has 0 saturated carbocycles. The van der Waals surface area contributed by atoms with Gasteiger partial charge in [-0.1, -0.05) is 32.0 Å². The van der Waals surface area contributed by atoms with Gasteiger partial charge in [-0.25, -0.2) is 0 Å². The third-order valence-corrected chi connectivity index (χ3v) is 4.12. The van der Waals surface area contributed by atoms with Crippen molar-refractivity contribution in [1.29, 1.82) is 0 Å². The number of amides is 1. The van der Waals surface area contributed by atoms with Crippen LogP contribution in [0.1, 0.15) is 43.4 Å². The van der Waals surface area contributed by atoms with Gasteiger partial charge in [0.25, 0.3) is 0 Å². The van der Waals surface area contributed by atoms with Crippen LogP contribution < -0.4 is 0 Å². The molecule has 1 aromatic rings. The summed E-state index contributed by atoms with van der Waals surface area (Å²) >= 11 is 5.85. The van der Waals surface area contributed by atoms with Crippen molar-refractivity contribution in [1.82, 2.24) is 4.90 Å². The van der Waals surface area contributed by atoms with E-state index in [2.05, 4.69) is 39.8 Å². The highest BCUT2D eigenvalue weighted by Crippen LogP contribution is 2.14. The first-order valence-corrected chi connectivity index (χ1v) is 7.98. The van der Waals surface area contributed by atoms with Crippen molar-refractivity contribution in [2.45, 2.75) is 53.0 Å². The predicted octanol–water partition coefficient (Wildman–Crippen LogP) is 4.10. The SMILES string of the molecule is CCC(CC)N(CCCl)C(=O)Cc1ccc(C)c(C)c1. The Bertz CT molecular complexity index is 441. The Kier molecular flexibility index (Phi) is 7.08. The fourth-order valence-electron chi connectivity index (χ4n) is 2.52. The maximum atomic E-state index is 12.5. The van der Waals surface area contributed by atoms with Crippen LogP contribution in [0.15, 0.2) is 18.2 Å².